The fraction of sp³-hybridized carbons (Fsp3) is 0.348. The Balaban J connectivity index is 1.52. The zero-order valence-electron chi connectivity index (χ0n) is 17.7. The maximum absolute atomic E-state index is 11.6. The number of nitrogen functional groups attached to an aromatic ring is 1. The lowest BCUT2D eigenvalue weighted by Gasteiger charge is -2.30. The van der Waals surface area contributed by atoms with Crippen LogP contribution in [0.3, 0.4) is 0 Å². The predicted octanol–water partition coefficient (Wildman–Crippen LogP) is 3.03. The van der Waals surface area contributed by atoms with E-state index in [0.29, 0.717) is 11.7 Å². The summed E-state index contributed by atoms with van der Waals surface area (Å²) in [5.74, 6) is 2.12. The van der Waals surface area contributed by atoms with E-state index in [2.05, 4.69) is 36.7 Å². The van der Waals surface area contributed by atoms with Gasteiger partial charge in [0.2, 0.25) is 5.91 Å². The molecule has 1 aromatic carbocycles. The number of likely N-dealkylation sites (tertiary alicyclic amines) is 1. The molecular formula is C23H25N7O. The molecule has 1 amide bonds. The summed E-state index contributed by atoms with van der Waals surface area (Å²) in [5, 5.41) is 8.85. The summed E-state index contributed by atoms with van der Waals surface area (Å²) >= 11 is 0. The van der Waals surface area contributed by atoms with E-state index >= 15 is 0 Å². The van der Waals surface area contributed by atoms with E-state index in [1.54, 1.807) is 19.3 Å². The minimum absolute atomic E-state index is 0.156. The molecule has 2 N–H and O–H groups in total. The average molecular weight is 416 g/mol. The van der Waals surface area contributed by atoms with Gasteiger partial charge in [0, 0.05) is 38.2 Å². The highest BCUT2D eigenvalue weighted by Gasteiger charge is 2.23. The number of carbonyl (C=O) groups excluding carboxylic acids is 1. The van der Waals surface area contributed by atoms with Gasteiger partial charge in [-0.25, -0.2) is 4.98 Å². The number of hydrogen-bond acceptors (Lipinski definition) is 6. The van der Waals surface area contributed by atoms with Gasteiger partial charge >= 0.3 is 0 Å². The lowest BCUT2D eigenvalue weighted by Crippen LogP contribution is -2.37. The Hall–Kier alpha value is -3.55. The first kappa shape index (κ1) is 19.4. The van der Waals surface area contributed by atoms with Crippen LogP contribution in [0.4, 0.5) is 5.82 Å². The van der Waals surface area contributed by atoms with E-state index in [0.717, 1.165) is 71.5 Å². The predicted molar refractivity (Wildman–Crippen MR) is 119 cm³/mol. The molecule has 5 rings (SSSR count). The Kier molecular flexibility index (Phi) is 4.77. The number of carbonyl (C=O) groups is 1. The van der Waals surface area contributed by atoms with E-state index < -0.39 is 0 Å². The number of rotatable bonds is 3. The van der Waals surface area contributed by atoms with E-state index in [4.69, 9.17) is 5.73 Å². The lowest BCUT2D eigenvalue weighted by molar-refractivity contribution is -0.130. The summed E-state index contributed by atoms with van der Waals surface area (Å²) in [6.07, 6.45) is 6.37. The smallest absolute Gasteiger partial charge is 0.219 e. The number of aromatic nitrogens is 5. The Morgan fingerprint density at radius 3 is 2.65 bits per heavy atom. The van der Waals surface area contributed by atoms with Crippen LogP contribution in [-0.2, 0) is 11.2 Å². The van der Waals surface area contributed by atoms with E-state index in [9.17, 15) is 4.79 Å². The first-order valence-corrected chi connectivity index (χ1v) is 10.6. The van der Waals surface area contributed by atoms with Gasteiger partial charge in [-0.1, -0.05) is 6.07 Å². The second-order valence-electron chi connectivity index (χ2n) is 8.35. The molecule has 0 saturated carbocycles. The molecular weight excluding hydrogens is 390 g/mol. The first-order chi connectivity index (χ1) is 15.0. The van der Waals surface area contributed by atoms with Crippen LogP contribution in [0.25, 0.3) is 27.8 Å². The summed E-state index contributed by atoms with van der Waals surface area (Å²) < 4.78 is 2.11. The molecule has 8 heteroatoms. The maximum atomic E-state index is 11.6. The molecule has 1 saturated heterocycles. The van der Waals surface area contributed by atoms with Crippen molar-refractivity contribution in [2.24, 2.45) is 5.92 Å². The number of aryl methyl sites for hydroxylation is 1. The molecule has 0 spiro atoms. The number of piperidine rings is 1. The third-order valence-electron chi connectivity index (χ3n) is 6.27. The van der Waals surface area contributed by atoms with Gasteiger partial charge in [-0.3, -0.25) is 14.2 Å². The number of benzene rings is 1. The van der Waals surface area contributed by atoms with Gasteiger partial charge in [0.05, 0.1) is 17.2 Å². The molecule has 3 aromatic heterocycles. The summed E-state index contributed by atoms with van der Waals surface area (Å²) in [5.41, 5.74) is 11.5. The van der Waals surface area contributed by atoms with Crippen LogP contribution in [0.5, 0.6) is 0 Å². The number of pyridine rings is 1. The van der Waals surface area contributed by atoms with Crippen LogP contribution in [0.1, 0.15) is 31.2 Å². The van der Waals surface area contributed by atoms with Crippen molar-refractivity contribution < 1.29 is 4.79 Å². The molecule has 31 heavy (non-hydrogen) atoms. The van der Waals surface area contributed by atoms with Crippen molar-refractivity contribution in [2.45, 2.75) is 33.1 Å². The molecule has 1 aliphatic heterocycles. The van der Waals surface area contributed by atoms with E-state index in [1.165, 1.54) is 0 Å². The van der Waals surface area contributed by atoms with E-state index in [-0.39, 0.29) is 5.91 Å². The van der Waals surface area contributed by atoms with Crippen LogP contribution in [-0.4, -0.2) is 48.5 Å². The Morgan fingerprint density at radius 1 is 1.10 bits per heavy atom. The minimum atomic E-state index is 0.156. The highest BCUT2D eigenvalue weighted by Crippen LogP contribution is 2.27. The number of fused-ring (bicyclic) bond motifs is 3. The van der Waals surface area contributed by atoms with Gasteiger partial charge in [0.25, 0.3) is 0 Å². The fourth-order valence-corrected chi connectivity index (χ4v) is 4.38. The summed E-state index contributed by atoms with van der Waals surface area (Å²) in [4.78, 5) is 22.4. The fourth-order valence-electron chi connectivity index (χ4n) is 4.38. The second kappa shape index (κ2) is 7.61. The first-order valence-electron chi connectivity index (χ1n) is 10.6. The van der Waals surface area contributed by atoms with Crippen LogP contribution in [0.2, 0.25) is 0 Å². The lowest BCUT2D eigenvalue weighted by atomic mass is 9.93. The number of nitrogens with two attached hydrogens (primary N) is 1. The highest BCUT2D eigenvalue weighted by atomic mass is 16.2. The number of amides is 1. The van der Waals surface area contributed by atoms with Crippen molar-refractivity contribution in [2.75, 3.05) is 18.8 Å². The zero-order chi connectivity index (χ0) is 21.5. The Bertz CT molecular complexity index is 1290. The average Bonchev–Trinajstić information content (AvgIpc) is 3.19. The van der Waals surface area contributed by atoms with Gasteiger partial charge in [0.1, 0.15) is 11.6 Å². The maximum Gasteiger partial charge on any atom is 0.219 e. The van der Waals surface area contributed by atoms with E-state index in [1.807, 2.05) is 24.0 Å². The van der Waals surface area contributed by atoms with Crippen molar-refractivity contribution in [3.05, 3.63) is 48.0 Å². The molecule has 0 radical (unpaired) electrons. The monoisotopic (exact) mass is 415 g/mol. The minimum Gasteiger partial charge on any atom is -0.383 e. The van der Waals surface area contributed by atoms with Crippen molar-refractivity contribution >= 4 is 28.4 Å². The molecule has 4 heterocycles. The van der Waals surface area contributed by atoms with Crippen molar-refractivity contribution in [1.29, 1.82) is 0 Å². The van der Waals surface area contributed by atoms with Crippen LogP contribution in [0, 0.1) is 12.8 Å². The summed E-state index contributed by atoms with van der Waals surface area (Å²) in [7, 11) is 0. The van der Waals surface area contributed by atoms with Crippen molar-refractivity contribution in [3.63, 3.8) is 0 Å². The standard InChI is InChI=1S/C23H25N7O/c1-14-9-18(12-26-23(14)24)17-3-4-19-20(11-17)30-21(27-28-22(30)13-25-19)10-16-5-7-29(8-6-16)15(2)31/h3-4,9,11-13,16H,5-8,10H2,1-2H3,(H2,24,26). The highest BCUT2D eigenvalue weighted by molar-refractivity contribution is 5.83. The molecule has 8 nitrogen and oxygen atoms in total. The third kappa shape index (κ3) is 3.58. The van der Waals surface area contributed by atoms with Crippen molar-refractivity contribution in [1.82, 2.24) is 29.5 Å². The molecule has 158 valence electrons. The second-order valence-corrected chi connectivity index (χ2v) is 8.35. The van der Waals surface area contributed by atoms with Crippen LogP contribution >= 0.6 is 0 Å². The van der Waals surface area contributed by atoms with Gasteiger partial charge in [-0.05, 0) is 55.0 Å². The SMILES string of the molecule is CC(=O)N1CCC(Cc2nnc3cnc4ccc(-c5cnc(N)c(C)c5)cc4n23)CC1. The number of anilines is 1. The van der Waals surface area contributed by atoms with Crippen LogP contribution in [0.15, 0.2) is 36.7 Å². The molecule has 0 aliphatic carbocycles. The quantitative estimate of drug-likeness (QED) is 0.552. The van der Waals surface area contributed by atoms with Crippen molar-refractivity contribution in [3.8, 4) is 11.1 Å². The molecule has 1 aliphatic rings. The van der Waals surface area contributed by atoms with Crippen LogP contribution < -0.4 is 5.73 Å². The number of nitrogens with zero attached hydrogens (tertiary/aromatic N) is 6. The van der Waals surface area contributed by atoms with Gasteiger partial charge < -0.3 is 10.6 Å². The topological polar surface area (TPSA) is 102 Å². The van der Waals surface area contributed by atoms with Gasteiger partial charge in [0.15, 0.2) is 5.65 Å². The van der Waals surface area contributed by atoms with Gasteiger partial charge in [-0.15, -0.1) is 10.2 Å². The normalized spacial score (nSPS) is 15.1. The zero-order valence-corrected chi connectivity index (χ0v) is 17.7. The largest absolute Gasteiger partial charge is 0.383 e. The molecule has 4 aromatic rings. The molecule has 0 bridgehead atoms. The Labute approximate surface area is 180 Å². The molecule has 1 fully saturated rings. The Morgan fingerprint density at radius 2 is 1.90 bits per heavy atom. The summed E-state index contributed by atoms with van der Waals surface area (Å²) in [6, 6.07) is 8.24. The molecule has 0 unspecified atom stereocenters. The molecule has 0 atom stereocenters. The number of hydrogen-bond donors (Lipinski definition) is 1. The van der Waals surface area contributed by atoms with Gasteiger partial charge in [-0.2, -0.15) is 0 Å². The summed E-state index contributed by atoms with van der Waals surface area (Å²) in [6.45, 7) is 5.22. The third-order valence-corrected chi connectivity index (χ3v) is 6.27.